The lowest BCUT2D eigenvalue weighted by Gasteiger charge is -2.09. The first-order valence-electron chi connectivity index (χ1n) is 7.46. The number of aromatic nitrogens is 2. The molecule has 2 aromatic rings. The fourth-order valence-electron chi connectivity index (χ4n) is 2.18. The van der Waals surface area contributed by atoms with Crippen molar-refractivity contribution in [1.82, 2.24) is 9.97 Å². The fraction of sp³-hybridized carbons (Fsp3) is 0.353. The summed E-state index contributed by atoms with van der Waals surface area (Å²) in [4.78, 5) is 20.5. The summed E-state index contributed by atoms with van der Waals surface area (Å²) < 4.78 is 0. The molecule has 22 heavy (non-hydrogen) atoms. The van der Waals surface area contributed by atoms with Crippen molar-refractivity contribution in [3.8, 4) is 0 Å². The summed E-state index contributed by atoms with van der Waals surface area (Å²) in [5.41, 5.74) is 3.82. The largest absolute Gasteiger partial charge is 0.354 e. The Kier molecular flexibility index (Phi) is 5.47. The molecule has 2 rings (SSSR count). The smallest absolute Gasteiger partial charge is 0.224 e. The van der Waals surface area contributed by atoms with Crippen LogP contribution in [0.4, 0.5) is 11.6 Å². The molecule has 0 fully saturated rings. The summed E-state index contributed by atoms with van der Waals surface area (Å²) in [5, 5.41) is 6.08. The van der Waals surface area contributed by atoms with Gasteiger partial charge in [-0.1, -0.05) is 18.2 Å². The van der Waals surface area contributed by atoms with Gasteiger partial charge >= 0.3 is 0 Å². The van der Waals surface area contributed by atoms with Crippen molar-refractivity contribution in [3.63, 3.8) is 0 Å². The lowest BCUT2D eigenvalue weighted by Crippen LogP contribution is -2.14. The number of benzene rings is 1. The van der Waals surface area contributed by atoms with Crippen molar-refractivity contribution in [2.24, 2.45) is 0 Å². The molecule has 0 unspecified atom stereocenters. The SMILES string of the molecule is Cc1cc(C)nc(NCCCC(=O)Nc2ccccc2C)n1. The molecule has 1 aromatic carbocycles. The van der Waals surface area contributed by atoms with E-state index >= 15 is 0 Å². The minimum atomic E-state index is 0.0254. The monoisotopic (exact) mass is 298 g/mol. The lowest BCUT2D eigenvalue weighted by atomic mass is 10.2. The van der Waals surface area contributed by atoms with Gasteiger partial charge in [0, 0.05) is 30.0 Å². The molecule has 2 N–H and O–H groups in total. The third kappa shape index (κ3) is 4.84. The van der Waals surface area contributed by atoms with Gasteiger partial charge in [0.15, 0.2) is 0 Å². The maximum atomic E-state index is 11.9. The Morgan fingerprint density at radius 3 is 2.45 bits per heavy atom. The van der Waals surface area contributed by atoms with Gasteiger partial charge in [-0.2, -0.15) is 0 Å². The van der Waals surface area contributed by atoms with E-state index in [4.69, 9.17) is 0 Å². The average Bonchev–Trinajstić information content (AvgIpc) is 2.45. The van der Waals surface area contributed by atoms with Gasteiger partial charge in [0.25, 0.3) is 0 Å². The standard InChI is InChI=1S/C17H22N4O/c1-12-7-4-5-8-15(12)21-16(22)9-6-10-18-17-19-13(2)11-14(3)20-17/h4-5,7-8,11H,6,9-10H2,1-3H3,(H,21,22)(H,18,19,20). The number of rotatable bonds is 6. The molecule has 0 aliphatic carbocycles. The van der Waals surface area contributed by atoms with Crippen LogP contribution in [0.25, 0.3) is 0 Å². The highest BCUT2D eigenvalue weighted by atomic mass is 16.1. The zero-order valence-electron chi connectivity index (χ0n) is 13.3. The number of anilines is 2. The van der Waals surface area contributed by atoms with Crippen molar-refractivity contribution in [2.75, 3.05) is 17.2 Å². The van der Waals surface area contributed by atoms with Crippen LogP contribution in [0.15, 0.2) is 30.3 Å². The first-order valence-corrected chi connectivity index (χ1v) is 7.46. The number of carbonyl (C=O) groups is 1. The van der Waals surface area contributed by atoms with Gasteiger partial charge in [-0.3, -0.25) is 4.79 Å². The molecule has 0 aliphatic rings. The normalized spacial score (nSPS) is 10.3. The Bertz CT molecular complexity index is 635. The van der Waals surface area contributed by atoms with Crippen molar-refractivity contribution in [3.05, 3.63) is 47.3 Å². The minimum absolute atomic E-state index is 0.0254. The van der Waals surface area contributed by atoms with Crippen LogP contribution in [0.1, 0.15) is 29.8 Å². The molecule has 0 radical (unpaired) electrons. The zero-order chi connectivity index (χ0) is 15.9. The molecule has 1 heterocycles. The van der Waals surface area contributed by atoms with Crippen molar-refractivity contribution < 1.29 is 4.79 Å². The van der Waals surface area contributed by atoms with E-state index in [-0.39, 0.29) is 5.91 Å². The summed E-state index contributed by atoms with van der Waals surface area (Å²) >= 11 is 0. The van der Waals surface area contributed by atoms with Crippen LogP contribution >= 0.6 is 0 Å². The Morgan fingerprint density at radius 2 is 1.77 bits per heavy atom. The second-order valence-electron chi connectivity index (χ2n) is 5.37. The third-order valence-electron chi connectivity index (χ3n) is 3.27. The molecule has 0 saturated carbocycles. The second-order valence-corrected chi connectivity index (χ2v) is 5.37. The highest BCUT2D eigenvalue weighted by Gasteiger charge is 2.04. The predicted octanol–water partition coefficient (Wildman–Crippen LogP) is 3.23. The first kappa shape index (κ1) is 15.9. The molecule has 0 spiro atoms. The van der Waals surface area contributed by atoms with Gasteiger partial charge < -0.3 is 10.6 Å². The summed E-state index contributed by atoms with van der Waals surface area (Å²) in [6, 6.07) is 9.70. The van der Waals surface area contributed by atoms with Crippen molar-refractivity contribution >= 4 is 17.5 Å². The quantitative estimate of drug-likeness (QED) is 0.803. The molecular weight excluding hydrogens is 276 g/mol. The summed E-state index contributed by atoms with van der Waals surface area (Å²) in [6.07, 6.45) is 1.19. The van der Waals surface area contributed by atoms with Gasteiger partial charge in [-0.15, -0.1) is 0 Å². The van der Waals surface area contributed by atoms with Crippen LogP contribution in [-0.4, -0.2) is 22.4 Å². The molecule has 0 saturated heterocycles. The Labute approximate surface area is 131 Å². The van der Waals surface area contributed by atoms with E-state index in [0.29, 0.717) is 18.9 Å². The Morgan fingerprint density at radius 1 is 1.09 bits per heavy atom. The van der Waals surface area contributed by atoms with Crippen LogP contribution in [0.5, 0.6) is 0 Å². The van der Waals surface area contributed by atoms with Gasteiger partial charge in [-0.05, 0) is 44.9 Å². The predicted molar refractivity (Wildman–Crippen MR) is 89.0 cm³/mol. The van der Waals surface area contributed by atoms with E-state index in [0.717, 1.165) is 29.1 Å². The molecule has 0 bridgehead atoms. The molecular formula is C17H22N4O. The van der Waals surface area contributed by atoms with E-state index < -0.39 is 0 Å². The molecule has 116 valence electrons. The molecule has 0 aliphatic heterocycles. The molecule has 1 amide bonds. The van der Waals surface area contributed by atoms with E-state index in [2.05, 4.69) is 20.6 Å². The number of hydrogen-bond acceptors (Lipinski definition) is 4. The van der Waals surface area contributed by atoms with E-state index in [1.165, 1.54) is 0 Å². The van der Waals surface area contributed by atoms with Crippen LogP contribution < -0.4 is 10.6 Å². The fourth-order valence-corrected chi connectivity index (χ4v) is 2.18. The topological polar surface area (TPSA) is 66.9 Å². The number of para-hydroxylation sites is 1. The number of amides is 1. The molecule has 5 nitrogen and oxygen atoms in total. The zero-order valence-corrected chi connectivity index (χ0v) is 13.3. The van der Waals surface area contributed by atoms with E-state index in [1.54, 1.807) is 0 Å². The van der Waals surface area contributed by atoms with Crippen LogP contribution in [0.3, 0.4) is 0 Å². The lowest BCUT2D eigenvalue weighted by molar-refractivity contribution is -0.116. The van der Waals surface area contributed by atoms with E-state index in [1.807, 2.05) is 51.1 Å². The Hall–Kier alpha value is -2.43. The summed E-state index contributed by atoms with van der Waals surface area (Å²) in [5.74, 6) is 0.647. The van der Waals surface area contributed by atoms with Crippen molar-refractivity contribution in [2.45, 2.75) is 33.6 Å². The van der Waals surface area contributed by atoms with Crippen molar-refractivity contribution in [1.29, 1.82) is 0 Å². The Balaban J connectivity index is 1.74. The number of nitrogens with zero attached hydrogens (tertiary/aromatic N) is 2. The highest BCUT2D eigenvalue weighted by Crippen LogP contribution is 2.13. The van der Waals surface area contributed by atoms with Crippen LogP contribution in [0.2, 0.25) is 0 Å². The van der Waals surface area contributed by atoms with Gasteiger partial charge in [-0.25, -0.2) is 9.97 Å². The first-order chi connectivity index (χ1) is 10.5. The molecule has 5 heteroatoms. The van der Waals surface area contributed by atoms with Gasteiger partial charge in [0.05, 0.1) is 0 Å². The summed E-state index contributed by atoms with van der Waals surface area (Å²) in [6.45, 7) is 6.53. The van der Waals surface area contributed by atoms with Crippen LogP contribution in [0, 0.1) is 20.8 Å². The minimum Gasteiger partial charge on any atom is -0.354 e. The van der Waals surface area contributed by atoms with Crippen LogP contribution in [-0.2, 0) is 4.79 Å². The third-order valence-corrected chi connectivity index (χ3v) is 3.27. The van der Waals surface area contributed by atoms with Gasteiger partial charge in [0.2, 0.25) is 11.9 Å². The maximum Gasteiger partial charge on any atom is 0.224 e. The summed E-state index contributed by atoms with van der Waals surface area (Å²) in [7, 11) is 0. The molecule has 1 aromatic heterocycles. The number of nitrogens with one attached hydrogen (secondary N) is 2. The number of hydrogen-bond donors (Lipinski definition) is 2. The average molecular weight is 298 g/mol. The second kappa shape index (κ2) is 7.54. The number of carbonyl (C=O) groups excluding carboxylic acids is 1. The maximum absolute atomic E-state index is 11.9. The molecule has 0 atom stereocenters. The van der Waals surface area contributed by atoms with E-state index in [9.17, 15) is 4.79 Å². The number of aryl methyl sites for hydroxylation is 3. The van der Waals surface area contributed by atoms with Gasteiger partial charge in [0.1, 0.15) is 0 Å². The highest BCUT2D eigenvalue weighted by molar-refractivity contribution is 5.91.